The number of fused-ring (bicyclic) bond motifs is 1. The summed E-state index contributed by atoms with van der Waals surface area (Å²) in [6, 6.07) is 6.27. The van der Waals surface area contributed by atoms with E-state index < -0.39 is 17.9 Å². The topological polar surface area (TPSA) is 79.5 Å². The van der Waals surface area contributed by atoms with Crippen molar-refractivity contribution in [2.45, 2.75) is 25.8 Å². The molecule has 0 fully saturated rings. The molecule has 100 valence electrons. The maximum atomic E-state index is 12.1. The van der Waals surface area contributed by atoms with Crippen molar-refractivity contribution in [3.05, 3.63) is 36.1 Å². The van der Waals surface area contributed by atoms with Gasteiger partial charge in [0, 0.05) is 5.39 Å². The van der Waals surface area contributed by atoms with Crippen LogP contribution in [0.2, 0.25) is 0 Å². The molecule has 1 heterocycles. The number of furan rings is 1. The third-order valence-corrected chi connectivity index (χ3v) is 2.91. The Morgan fingerprint density at radius 2 is 2.11 bits per heavy atom. The monoisotopic (exact) mass is 261 g/mol. The van der Waals surface area contributed by atoms with E-state index in [1.165, 1.54) is 6.26 Å². The molecule has 19 heavy (non-hydrogen) atoms. The van der Waals surface area contributed by atoms with Crippen LogP contribution in [0.25, 0.3) is 11.0 Å². The number of carbonyl (C=O) groups is 2. The first-order chi connectivity index (χ1) is 9.13. The number of nitrogens with one attached hydrogen (secondary N) is 1. The van der Waals surface area contributed by atoms with Crippen LogP contribution >= 0.6 is 0 Å². The molecule has 2 rings (SSSR count). The molecule has 0 aliphatic rings. The standard InChI is InChI=1S/C14H15NO4/c1-2-5-11(14(17)18)15-13(16)10-8-19-12-7-4-3-6-9(10)12/h3-4,6-8,11H,2,5H2,1H3,(H,15,16)(H,17,18)/t11-/m1/s1. The highest BCUT2D eigenvalue weighted by Crippen LogP contribution is 2.20. The number of carboxylic acid groups (broad SMARTS) is 1. The fourth-order valence-corrected chi connectivity index (χ4v) is 1.94. The van der Waals surface area contributed by atoms with Crippen molar-refractivity contribution in [3.8, 4) is 0 Å². The molecular weight excluding hydrogens is 246 g/mol. The van der Waals surface area contributed by atoms with E-state index in [1.807, 2.05) is 13.0 Å². The summed E-state index contributed by atoms with van der Waals surface area (Å²) in [6.07, 6.45) is 2.44. The van der Waals surface area contributed by atoms with Crippen LogP contribution in [0, 0.1) is 0 Å². The van der Waals surface area contributed by atoms with Gasteiger partial charge in [0.05, 0.1) is 5.56 Å². The maximum absolute atomic E-state index is 12.1. The molecule has 1 aromatic carbocycles. The van der Waals surface area contributed by atoms with Crippen molar-refractivity contribution in [2.75, 3.05) is 0 Å². The van der Waals surface area contributed by atoms with Crippen molar-refractivity contribution in [2.24, 2.45) is 0 Å². The van der Waals surface area contributed by atoms with Gasteiger partial charge in [-0.2, -0.15) is 0 Å². The van der Waals surface area contributed by atoms with Crippen LogP contribution in [0.1, 0.15) is 30.1 Å². The lowest BCUT2D eigenvalue weighted by Crippen LogP contribution is -2.40. The molecule has 1 aromatic heterocycles. The molecule has 0 radical (unpaired) electrons. The minimum Gasteiger partial charge on any atom is -0.480 e. The lowest BCUT2D eigenvalue weighted by atomic mass is 10.1. The van der Waals surface area contributed by atoms with Crippen molar-refractivity contribution >= 4 is 22.8 Å². The van der Waals surface area contributed by atoms with Gasteiger partial charge in [-0.15, -0.1) is 0 Å². The number of aliphatic carboxylic acids is 1. The Morgan fingerprint density at radius 3 is 2.79 bits per heavy atom. The van der Waals surface area contributed by atoms with Crippen molar-refractivity contribution in [3.63, 3.8) is 0 Å². The van der Waals surface area contributed by atoms with E-state index in [1.54, 1.807) is 18.2 Å². The van der Waals surface area contributed by atoms with Crippen LogP contribution < -0.4 is 5.32 Å². The fraction of sp³-hybridized carbons (Fsp3) is 0.286. The predicted octanol–water partition coefficient (Wildman–Crippen LogP) is 2.42. The van der Waals surface area contributed by atoms with E-state index in [4.69, 9.17) is 9.52 Å². The first-order valence-electron chi connectivity index (χ1n) is 6.13. The Morgan fingerprint density at radius 1 is 1.37 bits per heavy atom. The molecule has 0 spiro atoms. The summed E-state index contributed by atoms with van der Waals surface area (Å²) in [5.41, 5.74) is 0.966. The maximum Gasteiger partial charge on any atom is 0.326 e. The number of amides is 1. The molecule has 0 aliphatic carbocycles. The second kappa shape index (κ2) is 5.56. The highest BCUT2D eigenvalue weighted by molar-refractivity contribution is 6.06. The molecule has 1 amide bonds. The smallest absolute Gasteiger partial charge is 0.326 e. The third kappa shape index (κ3) is 2.76. The van der Waals surface area contributed by atoms with Gasteiger partial charge in [-0.05, 0) is 12.5 Å². The molecule has 5 nitrogen and oxygen atoms in total. The Kier molecular flexibility index (Phi) is 3.85. The Balaban J connectivity index is 2.22. The number of carboxylic acids is 1. The van der Waals surface area contributed by atoms with E-state index >= 15 is 0 Å². The number of benzene rings is 1. The molecule has 2 N–H and O–H groups in total. The van der Waals surface area contributed by atoms with Crippen LogP contribution in [-0.2, 0) is 4.79 Å². The van der Waals surface area contributed by atoms with Crippen molar-refractivity contribution in [1.82, 2.24) is 5.32 Å². The average Bonchev–Trinajstić information content (AvgIpc) is 2.81. The van der Waals surface area contributed by atoms with Gasteiger partial charge in [-0.1, -0.05) is 31.5 Å². The van der Waals surface area contributed by atoms with Crippen LogP contribution in [0.15, 0.2) is 34.9 Å². The summed E-state index contributed by atoms with van der Waals surface area (Å²) in [6.45, 7) is 1.87. The summed E-state index contributed by atoms with van der Waals surface area (Å²) in [5.74, 6) is -1.45. The number of hydrogen-bond donors (Lipinski definition) is 2. The molecule has 2 aromatic rings. The lowest BCUT2D eigenvalue weighted by molar-refractivity contribution is -0.139. The minimum absolute atomic E-state index is 0.359. The van der Waals surface area contributed by atoms with Crippen molar-refractivity contribution < 1.29 is 19.1 Å². The van der Waals surface area contributed by atoms with E-state index in [0.29, 0.717) is 29.4 Å². The van der Waals surface area contributed by atoms with E-state index in [0.717, 1.165) is 0 Å². The summed E-state index contributed by atoms with van der Waals surface area (Å²) in [4.78, 5) is 23.1. The summed E-state index contributed by atoms with van der Waals surface area (Å²) < 4.78 is 5.26. The second-order valence-electron chi connectivity index (χ2n) is 4.30. The number of rotatable bonds is 5. The van der Waals surface area contributed by atoms with Gasteiger partial charge < -0.3 is 14.8 Å². The van der Waals surface area contributed by atoms with Crippen LogP contribution in [0.5, 0.6) is 0 Å². The summed E-state index contributed by atoms with van der Waals surface area (Å²) in [5, 5.41) is 12.2. The Labute approximate surface area is 110 Å². The zero-order chi connectivity index (χ0) is 13.8. The van der Waals surface area contributed by atoms with E-state index in [9.17, 15) is 9.59 Å². The normalized spacial score (nSPS) is 12.3. The highest BCUT2D eigenvalue weighted by atomic mass is 16.4. The number of carbonyl (C=O) groups excluding carboxylic acids is 1. The highest BCUT2D eigenvalue weighted by Gasteiger charge is 2.21. The van der Waals surface area contributed by atoms with Crippen LogP contribution in [0.4, 0.5) is 0 Å². The van der Waals surface area contributed by atoms with Crippen LogP contribution in [-0.4, -0.2) is 23.0 Å². The zero-order valence-electron chi connectivity index (χ0n) is 10.6. The molecule has 0 aliphatic heterocycles. The first kappa shape index (κ1) is 13.1. The second-order valence-corrected chi connectivity index (χ2v) is 4.30. The first-order valence-corrected chi connectivity index (χ1v) is 6.13. The molecule has 5 heteroatoms. The van der Waals surface area contributed by atoms with Gasteiger partial charge in [0.25, 0.3) is 5.91 Å². The molecule has 0 saturated carbocycles. The zero-order valence-corrected chi connectivity index (χ0v) is 10.6. The van der Waals surface area contributed by atoms with Gasteiger partial charge in [0.2, 0.25) is 0 Å². The molecule has 0 unspecified atom stereocenters. The van der Waals surface area contributed by atoms with Gasteiger partial charge >= 0.3 is 5.97 Å². The predicted molar refractivity (Wildman–Crippen MR) is 70.0 cm³/mol. The summed E-state index contributed by atoms with van der Waals surface area (Å²) in [7, 11) is 0. The Bertz CT molecular complexity index is 602. The molecule has 0 saturated heterocycles. The fourth-order valence-electron chi connectivity index (χ4n) is 1.94. The van der Waals surface area contributed by atoms with E-state index in [2.05, 4.69) is 5.32 Å². The lowest BCUT2D eigenvalue weighted by Gasteiger charge is -2.12. The number of para-hydroxylation sites is 1. The summed E-state index contributed by atoms with van der Waals surface area (Å²) >= 11 is 0. The van der Waals surface area contributed by atoms with Gasteiger partial charge in [-0.3, -0.25) is 4.79 Å². The quantitative estimate of drug-likeness (QED) is 0.866. The van der Waals surface area contributed by atoms with Gasteiger partial charge in [0.1, 0.15) is 17.9 Å². The minimum atomic E-state index is -1.02. The van der Waals surface area contributed by atoms with Crippen LogP contribution in [0.3, 0.4) is 0 Å². The van der Waals surface area contributed by atoms with Gasteiger partial charge in [-0.25, -0.2) is 4.79 Å². The van der Waals surface area contributed by atoms with Crippen molar-refractivity contribution in [1.29, 1.82) is 0 Å². The SMILES string of the molecule is CCC[C@@H](NC(=O)c1coc2ccccc12)C(=O)O. The Hall–Kier alpha value is -2.30. The third-order valence-electron chi connectivity index (χ3n) is 2.91. The molecular formula is C14H15NO4. The van der Waals surface area contributed by atoms with Gasteiger partial charge in [0.15, 0.2) is 0 Å². The molecule has 1 atom stereocenters. The number of hydrogen-bond acceptors (Lipinski definition) is 3. The molecule has 0 bridgehead atoms. The average molecular weight is 261 g/mol. The largest absolute Gasteiger partial charge is 0.480 e. The van der Waals surface area contributed by atoms with E-state index in [-0.39, 0.29) is 0 Å².